The summed E-state index contributed by atoms with van der Waals surface area (Å²) >= 11 is 11.8. The SMILES string of the molecule is COCCOCc1cc(Cl)cc(C(=O)Nc2ccc(C(F)(F)F)cc2Cl)c1O. The molecule has 0 spiro atoms. The van der Waals surface area contributed by atoms with Crippen LogP contribution in [0, 0.1) is 0 Å². The molecule has 0 aliphatic carbocycles. The number of phenols is 1. The van der Waals surface area contributed by atoms with Gasteiger partial charge in [-0.2, -0.15) is 13.2 Å². The maximum atomic E-state index is 12.7. The highest BCUT2D eigenvalue weighted by atomic mass is 35.5. The summed E-state index contributed by atoms with van der Waals surface area (Å²) in [5.74, 6) is -1.15. The molecule has 0 unspecified atom stereocenters. The molecule has 0 atom stereocenters. The number of ether oxygens (including phenoxy) is 2. The average Bonchev–Trinajstić information content (AvgIpc) is 2.61. The fourth-order valence-electron chi connectivity index (χ4n) is 2.25. The number of nitrogens with one attached hydrogen (secondary N) is 1. The van der Waals surface area contributed by atoms with E-state index in [1.165, 1.54) is 19.2 Å². The molecule has 10 heteroatoms. The summed E-state index contributed by atoms with van der Waals surface area (Å²) in [6, 6.07) is 5.17. The molecule has 2 aromatic carbocycles. The van der Waals surface area contributed by atoms with Gasteiger partial charge in [-0.05, 0) is 30.3 Å². The summed E-state index contributed by atoms with van der Waals surface area (Å²) in [7, 11) is 1.51. The van der Waals surface area contributed by atoms with Crippen molar-refractivity contribution in [2.75, 3.05) is 25.6 Å². The lowest BCUT2D eigenvalue weighted by Gasteiger charge is -2.13. The number of hydrogen-bond acceptors (Lipinski definition) is 4. The van der Waals surface area contributed by atoms with Crippen molar-refractivity contribution in [1.29, 1.82) is 0 Å². The molecule has 0 aliphatic heterocycles. The number of anilines is 1. The van der Waals surface area contributed by atoms with Crippen LogP contribution in [0.2, 0.25) is 10.0 Å². The second-order valence-electron chi connectivity index (χ2n) is 5.65. The fraction of sp³-hybridized carbons (Fsp3) is 0.278. The number of methoxy groups -OCH3 is 1. The molecule has 0 radical (unpaired) electrons. The van der Waals surface area contributed by atoms with Crippen molar-refractivity contribution in [3.05, 3.63) is 57.1 Å². The van der Waals surface area contributed by atoms with Crippen LogP contribution in [0.5, 0.6) is 5.75 Å². The maximum absolute atomic E-state index is 12.7. The first-order valence-corrected chi connectivity index (χ1v) is 8.65. The lowest BCUT2D eigenvalue weighted by atomic mass is 10.1. The van der Waals surface area contributed by atoms with E-state index in [-0.39, 0.29) is 45.8 Å². The highest BCUT2D eigenvalue weighted by Gasteiger charge is 2.31. The van der Waals surface area contributed by atoms with E-state index in [4.69, 9.17) is 32.7 Å². The fourth-order valence-corrected chi connectivity index (χ4v) is 2.71. The quantitative estimate of drug-likeness (QED) is 0.588. The minimum absolute atomic E-state index is 0.0168. The number of alkyl halides is 3. The van der Waals surface area contributed by atoms with Gasteiger partial charge in [-0.3, -0.25) is 4.79 Å². The van der Waals surface area contributed by atoms with Gasteiger partial charge >= 0.3 is 6.18 Å². The largest absolute Gasteiger partial charge is 0.507 e. The third kappa shape index (κ3) is 5.75. The monoisotopic (exact) mass is 437 g/mol. The van der Waals surface area contributed by atoms with Crippen LogP contribution in [0.4, 0.5) is 18.9 Å². The molecule has 0 saturated carbocycles. The summed E-state index contributed by atoms with van der Waals surface area (Å²) in [4.78, 5) is 12.5. The average molecular weight is 438 g/mol. The lowest BCUT2D eigenvalue weighted by Crippen LogP contribution is -2.14. The van der Waals surface area contributed by atoms with Gasteiger partial charge in [-0.25, -0.2) is 0 Å². The first-order chi connectivity index (χ1) is 13.1. The van der Waals surface area contributed by atoms with Gasteiger partial charge < -0.3 is 19.9 Å². The second kappa shape index (κ2) is 9.47. The van der Waals surface area contributed by atoms with Crippen LogP contribution >= 0.6 is 23.2 Å². The molecule has 5 nitrogen and oxygen atoms in total. The van der Waals surface area contributed by atoms with Crippen molar-refractivity contribution in [2.45, 2.75) is 12.8 Å². The molecule has 0 aliphatic rings. The highest BCUT2D eigenvalue weighted by Crippen LogP contribution is 2.34. The number of halogens is 5. The zero-order valence-electron chi connectivity index (χ0n) is 14.6. The summed E-state index contributed by atoms with van der Waals surface area (Å²) < 4.78 is 48.3. The van der Waals surface area contributed by atoms with Crippen LogP contribution in [0.25, 0.3) is 0 Å². The van der Waals surface area contributed by atoms with Crippen LogP contribution < -0.4 is 5.32 Å². The molecule has 0 aromatic heterocycles. The summed E-state index contributed by atoms with van der Waals surface area (Å²) in [5, 5.41) is 12.6. The molecular formula is C18H16Cl2F3NO4. The molecular weight excluding hydrogens is 422 g/mol. The third-order valence-electron chi connectivity index (χ3n) is 3.63. The standard InChI is InChI=1S/C18H16Cl2F3NO4/c1-27-4-5-28-9-10-6-12(19)8-13(16(10)25)17(26)24-15-3-2-11(7-14(15)20)18(21,22)23/h2-3,6-8,25H,4-5,9H2,1H3,(H,24,26). The number of phenolic OH excluding ortho intramolecular Hbond substituents is 1. The van der Waals surface area contributed by atoms with Crippen molar-refractivity contribution in [2.24, 2.45) is 0 Å². The van der Waals surface area contributed by atoms with Crippen molar-refractivity contribution in [3.63, 3.8) is 0 Å². The summed E-state index contributed by atoms with van der Waals surface area (Å²) in [6.07, 6.45) is -4.56. The summed E-state index contributed by atoms with van der Waals surface area (Å²) in [6.45, 7) is 0.601. The Balaban J connectivity index is 2.21. The van der Waals surface area contributed by atoms with E-state index >= 15 is 0 Å². The normalized spacial score (nSPS) is 11.5. The van der Waals surface area contributed by atoms with E-state index in [0.29, 0.717) is 12.7 Å². The predicted molar refractivity (Wildman–Crippen MR) is 99.1 cm³/mol. The number of aromatic hydroxyl groups is 1. The Hall–Kier alpha value is -2.00. The Morgan fingerprint density at radius 3 is 2.50 bits per heavy atom. The van der Waals surface area contributed by atoms with Crippen LogP contribution in [0.15, 0.2) is 30.3 Å². The van der Waals surface area contributed by atoms with Gasteiger partial charge in [0.2, 0.25) is 0 Å². The molecule has 0 fully saturated rings. The van der Waals surface area contributed by atoms with Gasteiger partial charge in [-0.15, -0.1) is 0 Å². The molecule has 0 saturated heterocycles. The van der Waals surface area contributed by atoms with E-state index in [1.807, 2.05) is 0 Å². The van der Waals surface area contributed by atoms with Crippen LogP contribution in [0.1, 0.15) is 21.5 Å². The van der Waals surface area contributed by atoms with E-state index in [1.54, 1.807) is 0 Å². The molecule has 1 amide bonds. The first-order valence-electron chi connectivity index (χ1n) is 7.89. The predicted octanol–water partition coefficient (Wildman–Crippen LogP) is 5.13. The number of carbonyl (C=O) groups is 1. The van der Waals surface area contributed by atoms with Crippen LogP contribution in [-0.4, -0.2) is 31.3 Å². The number of hydrogen-bond donors (Lipinski definition) is 2. The molecule has 28 heavy (non-hydrogen) atoms. The molecule has 152 valence electrons. The zero-order valence-corrected chi connectivity index (χ0v) is 16.1. The Morgan fingerprint density at radius 1 is 1.18 bits per heavy atom. The van der Waals surface area contributed by atoms with E-state index in [9.17, 15) is 23.1 Å². The first kappa shape index (κ1) is 22.3. The van der Waals surface area contributed by atoms with Crippen LogP contribution in [0.3, 0.4) is 0 Å². The number of amides is 1. The Labute approximate surface area is 169 Å². The van der Waals surface area contributed by atoms with Crippen molar-refractivity contribution in [1.82, 2.24) is 0 Å². The molecule has 2 N–H and O–H groups in total. The van der Waals surface area contributed by atoms with Gasteiger partial charge in [0.15, 0.2) is 0 Å². The van der Waals surface area contributed by atoms with Crippen molar-refractivity contribution >= 4 is 34.8 Å². The Kier molecular flexibility index (Phi) is 7.54. The maximum Gasteiger partial charge on any atom is 0.416 e. The molecule has 0 bridgehead atoms. The van der Waals surface area contributed by atoms with Crippen molar-refractivity contribution < 1.29 is 32.5 Å². The molecule has 0 heterocycles. The van der Waals surface area contributed by atoms with Gasteiger partial charge in [0.05, 0.1) is 41.7 Å². The van der Waals surface area contributed by atoms with Crippen LogP contribution in [-0.2, 0) is 22.3 Å². The second-order valence-corrected chi connectivity index (χ2v) is 6.50. The molecule has 2 aromatic rings. The Bertz CT molecular complexity index is 859. The Morgan fingerprint density at radius 2 is 1.89 bits per heavy atom. The highest BCUT2D eigenvalue weighted by molar-refractivity contribution is 6.34. The minimum atomic E-state index is -4.56. The van der Waals surface area contributed by atoms with Gasteiger partial charge in [0, 0.05) is 17.7 Å². The van der Waals surface area contributed by atoms with E-state index in [0.717, 1.165) is 12.1 Å². The zero-order chi connectivity index (χ0) is 20.9. The van der Waals surface area contributed by atoms with Gasteiger partial charge in [0.25, 0.3) is 5.91 Å². The summed E-state index contributed by atoms with van der Waals surface area (Å²) in [5.41, 5.74) is -0.894. The molecule has 2 rings (SSSR count). The van der Waals surface area contributed by atoms with Gasteiger partial charge in [0.1, 0.15) is 5.75 Å². The van der Waals surface area contributed by atoms with E-state index in [2.05, 4.69) is 5.32 Å². The third-order valence-corrected chi connectivity index (χ3v) is 4.16. The minimum Gasteiger partial charge on any atom is -0.507 e. The van der Waals surface area contributed by atoms with Crippen molar-refractivity contribution in [3.8, 4) is 5.75 Å². The lowest BCUT2D eigenvalue weighted by molar-refractivity contribution is -0.137. The number of carbonyl (C=O) groups excluding carboxylic acids is 1. The van der Waals surface area contributed by atoms with Gasteiger partial charge in [-0.1, -0.05) is 23.2 Å². The van der Waals surface area contributed by atoms with E-state index < -0.39 is 17.6 Å². The number of rotatable bonds is 7. The number of benzene rings is 2. The topological polar surface area (TPSA) is 67.8 Å². The smallest absolute Gasteiger partial charge is 0.416 e.